The Balaban J connectivity index is 1.47. The van der Waals surface area contributed by atoms with E-state index in [-0.39, 0.29) is 40.9 Å². The van der Waals surface area contributed by atoms with Crippen LogP contribution in [0.4, 0.5) is 19.4 Å². The molecule has 1 fully saturated rings. The zero-order valence-electron chi connectivity index (χ0n) is 23.6. The maximum absolute atomic E-state index is 13.1. The van der Waals surface area contributed by atoms with Gasteiger partial charge in [-0.2, -0.15) is 8.78 Å². The highest BCUT2D eigenvalue weighted by Crippen LogP contribution is 2.29. The third kappa shape index (κ3) is 8.86. The molecule has 3 N–H and O–H groups in total. The zero-order chi connectivity index (χ0) is 31.9. The van der Waals surface area contributed by atoms with Crippen molar-refractivity contribution in [1.82, 2.24) is 10.3 Å². The fourth-order valence-corrected chi connectivity index (χ4v) is 5.73. The monoisotopic (exact) mass is 655 g/mol. The van der Waals surface area contributed by atoms with Crippen molar-refractivity contribution in [3.63, 3.8) is 0 Å². The molecule has 0 aliphatic carbocycles. The zero-order valence-corrected chi connectivity index (χ0v) is 25.2. The number of alkyl halides is 3. The van der Waals surface area contributed by atoms with E-state index in [2.05, 4.69) is 20.0 Å². The third-order valence-electron chi connectivity index (χ3n) is 6.98. The molecule has 2 amide bonds. The molecule has 1 saturated heterocycles. The van der Waals surface area contributed by atoms with Crippen molar-refractivity contribution in [2.75, 3.05) is 30.4 Å². The number of pyridine rings is 1. The molecule has 2 aromatic rings. The normalized spacial score (nSPS) is 20.7. The summed E-state index contributed by atoms with van der Waals surface area (Å²) in [5, 5.41) is 2.52. The molecule has 12 nitrogen and oxygen atoms in total. The first kappa shape index (κ1) is 33.1. The molecule has 0 spiro atoms. The lowest BCUT2D eigenvalue weighted by molar-refractivity contribution is -0.132. The lowest BCUT2D eigenvalue weighted by Crippen LogP contribution is -2.35. The van der Waals surface area contributed by atoms with Crippen LogP contribution in [0.3, 0.4) is 0 Å². The Bertz CT molecular complexity index is 1480. The molecule has 1 aromatic heterocycles. The second-order valence-electron chi connectivity index (χ2n) is 9.98. The Morgan fingerprint density at radius 1 is 1.20 bits per heavy atom. The number of aliphatic imine (C=N–C) groups is 1. The molecule has 2 aliphatic rings. The summed E-state index contributed by atoms with van der Waals surface area (Å²) in [5.41, 5.74) is 5.75. The Morgan fingerprint density at radius 3 is 2.55 bits per heavy atom. The number of amides is 2. The predicted molar refractivity (Wildman–Crippen MR) is 158 cm³/mol. The number of nitrogens with two attached hydrogens (primary N) is 1. The average Bonchev–Trinajstić information content (AvgIpc) is 3.41. The first-order chi connectivity index (χ1) is 20.9. The summed E-state index contributed by atoms with van der Waals surface area (Å²) >= 11 is 6.02. The van der Waals surface area contributed by atoms with Gasteiger partial charge in [-0.05, 0) is 42.3 Å². The van der Waals surface area contributed by atoms with Crippen molar-refractivity contribution in [3.05, 3.63) is 65.7 Å². The van der Waals surface area contributed by atoms with E-state index in [0.717, 1.165) is 0 Å². The number of benzene rings is 1. The number of halogens is 3. The molecular formula is C28H32ClF2N5O7S. The quantitative estimate of drug-likeness (QED) is 0.307. The van der Waals surface area contributed by atoms with Gasteiger partial charge in [-0.3, -0.25) is 4.79 Å². The molecule has 238 valence electrons. The van der Waals surface area contributed by atoms with Crippen LogP contribution in [0.5, 0.6) is 0 Å². The molecule has 44 heavy (non-hydrogen) atoms. The highest BCUT2D eigenvalue weighted by molar-refractivity contribution is 7.91. The maximum Gasteiger partial charge on any atom is 0.404 e. The maximum atomic E-state index is 13.1. The number of primary amides is 1. The Labute approximate surface area is 258 Å². The van der Waals surface area contributed by atoms with Crippen LogP contribution in [0.15, 0.2) is 64.4 Å². The molecule has 0 bridgehead atoms. The van der Waals surface area contributed by atoms with E-state index in [9.17, 15) is 26.8 Å². The number of rotatable bonds is 13. The third-order valence-corrected chi connectivity index (χ3v) is 9.02. The van der Waals surface area contributed by atoms with Gasteiger partial charge in [-0.25, -0.2) is 23.2 Å². The van der Waals surface area contributed by atoms with Gasteiger partial charge in [0.05, 0.1) is 46.8 Å². The minimum absolute atomic E-state index is 0.0764. The fourth-order valence-electron chi connectivity index (χ4n) is 4.70. The van der Waals surface area contributed by atoms with E-state index in [1.165, 1.54) is 43.5 Å². The number of carbonyl (C=O) groups excluding carboxylic acids is 2. The van der Waals surface area contributed by atoms with Gasteiger partial charge in [-0.15, -0.1) is 11.6 Å². The summed E-state index contributed by atoms with van der Waals surface area (Å²) in [6, 6.07) is 7.57. The van der Waals surface area contributed by atoms with Gasteiger partial charge in [0.1, 0.15) is 18.5 Å². The number of anilines is 1. The van der Waals surface area contributed by atoms with Crippen LogP contribution in [-0.2, 0) is 24.0 Å². The number of carbonyl (C=O) groups is 2. The minimum Gasteiger partial charge on any atom is -0.473 e. The fraction of sp³-hybridized carbons (Fsp3) is 0.429. The van der Waals surface area contributed by atoms with Crippen LogP contribution < -0.4 is 16.0 Å². The Hall–Kier alpha value is -3.82. The van der Waals surface area contributed by atoms with Gasteiger partial charge >= 0.3 is 12.7 Å². The summed E-state index contributed by atoms with van der Waals surface area (Å²) in [6.45, 7) is -1.68. The van der Waals surface area contributed by atoms with Crippen LogP contribution in [0, 0.1) is 0 Å². The van der Waals surface area contributed by atoms with Crippen molar-refractivity contribution in [2.45, 2.75) is 54.8 Å². The molecule has 16 heteroatoms. The highest BCUT2D eigenvalue weighted by atomic mass is 35.5. The highest BCUT2D eigenvalue weighted by Gasteiger charge is 2.36. The Kier molecular flexibility index (Phi) is 11.1. The summed E-state index contributed by atoms with van der Waals surface area (Å²) in [6.07, 6.45) is 4.15. The number of hydrogen-bond acceptors (Lipinski definition) is 10. The topological polar surface area (TPSA) is 163 Å². The van der Waals surface area contributed by atoms with Gasteiger partial charge in [0.15, 0.2) is 9.84 Å². The van der Waals surface area contributed by atoms with E-state index in [1.54, 1.807) is 23.3 Å². The first-order valence-electron chi connectivity index (χ1n) is 13.7. The van der Waals surface area contributed by atoms with Crippen molar-refractivity contribution >= 4 is 45.5 Å². The van der Waals surface area contributed by atoms with Gasteiger partial charge in [0, 0.05) is 18.8 Å². The number of aromatic nitrogens is 1. The van der Waals surface area contributed by atoms with Crippen molar-refractivity contribution < 1.29 is 41.0 Å². The van der Waals surface area contributed by atoms with Crippen molar-refractivity contribution in [2.24, 2.45) is 10.7 Å². The van der Waals surface area contributed by atoms with Gasteiger partial charge in [0.2, 0.25) is 5.88 Å². The van der Waals surface area contributed by atoms with Crippen LogP contribution >= 0.6 is 11.6 Å². The largest absolute Gasteiger partial charge is 0.473 e. The van der Waals surface area contributed by atoms with Crippen LogP contribution in [0.25, 0.3) is 0 Å². The smallest absolute Gasteiger partial charge is 0.404 e. The van der Waals surface area contributed by atoms with Crippen LogP contribution in [0.2, 0.25) is 0 Å². The molecular weight excluding hydrogens is 624 g/mol. The summed E-state index contributed by atoms with van der Waals surface area (Å²) in [7, 11) is -3.44. The van der Waals surface area contributed by atoms with Gasteiger partial charge in [0.25, 0.3) is 5.91 Å². The molecule has 0 radical (unpaired) electrons. The lowest BCUT2D eigenvalue weighted by Gasteiger charge is -2.25. The number of hydrogen-bond donors (Lipinski definition) is 2. The standard InChI is InChI=1S/C28H32ClF2N5O7S/c1-2-44(39,40)22-7-3-17(4-8-22)23(16-42-28(32)38)35-26(37)18-5-9-24(33-12-18)36-14-21(11-20(36)15-41-27(30)31)43-25-10-6-19(29)13-34-25/h3-5,7-10,12-13,19-21,23,27H,2,6,11,14-16H2,1H3,(H2,32,38)(H,35,37)/t19?,20-,21-,23-/m0/s1. The number of allylic oxidation sites excluding steroid dienone is 1. The van der Waals surface area contributed by atoms with Gasteiger partial charge < -0.3 is 30.2 Å². The molecule has 3 heterocycles. The first-order valence-corrected chi connectivity index (χ1v) is 15.8. The molecule has 1 aromatic carbocycles. The van der Waals surface area contributed by atoms with E-state index in [4.69, 9.17) is 26.8 Å². The summed E-state index contributed by atoms with van der Waals surface area (Å²) < 4.78 is 65.5. The van der Waals surface area contributed by atoms with E-state index < -0.39 is 40.5 Å². The number of ether oxygens (including phenoxy) is 3. The van der Waals surface area contributed by atoms with E-state index in [1.807, 2.05) is 0 Å². The number of nitrogens with zero attached hydrogens (tertiary/aromatic N) is 3. The number of nitrogens with one attached hydrogen (secondary N) is 1. The molecule has 4 rings (SSSR count). The van der Waals surface area contributed by atoms with Crippen molar-refractivity contribution in [3.8, 4) is 0 Å². The molecule has 4 atom stereocenters. The average molecular weight is 656 g/mol. The molecule has 2 aliphatic heterocycles. The van der Waals surface area contributed by atoms with E-state index >= 15 is 0 Å². The SMILES string of the molecule is CCS(=O)(=O)c1ccc([C@H](COC(N)=O)NC(=O)c2ccc(N3C[C@@H](OC4=CCC(Cl)C=N4)C[C@H]3COC(F)F)nc2)cc1. The Morgan fingerprint density at radius 2 is 1.95 bits per heavy atom. The lowest BCUT2D eigenvalue weighted by atomic mass is 10.1. The minimum atomic E-state index is -3.44. The predicted octanol–water partition coefficient (Wildman–Crippen LogP) is 3.57. The second-order valence-corrected chi connectivity index (χ2v) is 12.8. The van der Waals surface area contributed by atoms with Gasteiger partial charge in [-0.1, -0.05) is 19.1 Å². The van der Waals surface area contributed by atoms with Crippen LogP contribution in [0.1, 0.15) is 41.7 Å². The number of sulfone groups is 1. The van der Waals surface area contributed by atoms with Crippen LogP contribution in [-0.4, -0.2) is 81.3 Å². The van der Waals surface area contributed by atoms with Crippen molar-refractivity contribution in [1.29, 1.82) is 0 Å². The second kappa shape index (κ2) is 14.8. The summed E-state index contributed by atoms with van der Waals surface area (Å²) in [4.78, 5) is 34.8. The van der Waals surface area contributed by atoms with E-state index in [0.29, 0.717) is 36.7 Å². The summed E-state index contributed by atoms with van der Waals surface area (Å²) in [5.74, 6) is 0.178. The molecule has 1 unspecified atom stereocenters. The molecule has 0 saturated carbocycles.